The molecule has 2 aromatic rings. The van der Waals surface area contributed by atoms with E-state index in [1.807, 2.05) is 6.92 Å². The zero-order valence-corrected chi connectivity index (χ0v) is 11.6. The second kappa shape index (κ2) is 5.69. The van der Waals surface area contributed by atoms with Crippen LogP contribution in [0.4, 0.5) is 15.8 Å². The molecule has 0 spiro atoms. The van der Waals surface area contributed by atoms with Gasteiger partial charge in [-0.05, 0) is 43.7 Å². The van der Waals surface area contributed by atoms with Crippen LogP contribution < -0.4 is 10.6 Å². The molecule has 1 aromatic carbocycles. The number of amides is 1. The van der Waals surface area contributed by atoms with Gasteiger partial charge in [0, 0.05) is 24.6 Å². The molecule has 5 heteroatoms. The van der Waals surface area contributed by atoms with Crippen LogP contribution in [-0.2, 0) is 0 Å². The van der Waals surface area contributed by atoms with Crippen molar-refractivity contribution in [3.8, 4) is 0 Å². The van der Waals surface area contributed by atoms with Crippen molar-refractivity contribution in [3.63, 3.8) is 0 Å². The SMILES string of the molecule is CNc1cc(C)ncc1C(=O)Nc1ccc(F)cc1C. The third-order valence-electron chi connectivity index (χ3n) is 2.99. The fourth-order valence-corrected chi connectivity index (χ4v) is 1.90. The predicted octanol–water partition coefficient (Wildman–Crippen LogP) is 3.13. The van der Waals surface area contributed by atoms with Gasteiger partial charge in [0.15, 0.2) is 0 Å². The molecule has 0 atom stereocenters. The van der Waals surface area contributed by atoms with Gasteiger partial charge in [-0.25, -0.2) is 4.39 Å². The van der Waals surface area contributed by atoms with Gasteiger partial charge in [0.1, 0.15) is 5.82 Å². The Balaban J connectivity index is 2.28. The molecule has 0 aliphatic carbocycles. The number of carbonyl (C=O) groups is 1. The number of halogens is 1. The van der Waals surface area contributed by atoms with E-state index in [1.165, 1.54) is 18.3 Å². The highest BCUT2D eigenvalue weighted by Crippen LogP contribution is 2.20. The molecule has 1 heterocycles. The molecule has 1 amide bonds. The molecule has 0 saturated carbocycles. The van der Waals surface area contributed by atoms with Crippen LogP contribution in [0.5, 0.6) is 0 Å². The largest absolute Gasteiger partial charge is 0.387 e. The van der Waals surface area contributed by atoms with Gasteiger partial charge in [0.25, 0.3) is 5.91 Å². The molecule has 2 N–H and O–H groups in total. The first-order valence-electron chi connectivity index (χ1n) is 6.23. The molecule has 0 saturated heterocycles. The van der Waals surface area contributed by atoms with Crippen LogP contribution in [0.15, 0.2) is 30.5 Å². The van der Waals surface area contributed by atoms with E-state index in [0.717, 1.165) is 5.69 Å². The number of hydrogen-bond acceptors (Lipinski definition) is 3. The van der Waals surface area contributed by atoms with Crippen molar-refractivity contribution in [2.24, 2.45) is 0 Å². The van der Waals surface area contributed by atoms with Crippen molar-refractivity contribution in [2.75, 3.05) is 17.7 Å². The van der Waals surface area contributed by atoms with Crippen LogP contribution >= 0.6 is 0 Å². The molecule has 4 nitrogen and oxygen atoms in total. The van der Waals surface area contributed by atoms with Gasteiger partial charge in [-0.3, -0.25) is 9.78 Å². The van der Waals surface area contributed by atoms with Crippen LogP contribution in [0.2, 0.25) is 0 Å². The minimum atomic E-state index is -0.326. The van der Waals surface area contributed by atoms with Crippen LogP contribution in [0, 0.1) is 19.7 Å². The van der Waals surface area contributed by atoms with Crippen molar-refractivity contribution >= 4 is 17.3 Å². The summed E-state index contributed by atoms with van der Waals surface area (Å²) in [4.78, 5) is 16.4. The Morgan fingerprint density at radius 3 is 2.60 bits per heavy atom. The molecule has 0 radical (unpaired) electrons. The second-order valence-electron chi connectivity index (χ2n) is 4.53. The molecule has 0 bridgehead atoms. The third-order valence-corrected chi connectivity index (χ3v) is 2.99. The fourth-order valence-electron chi connectivity index (χ4n) is 1.90. The molecule has 104 valence electrons. The van der Waals surface area contributed by atoms with E-state index in [9.17, 15) is 9.18 Å². The summed E-state index contributed by atoms with van der Waals surface area (Å²) in [6.45, 7) is 3.59. The maximum absolute atomic E-state index is 13.0. The summed E-state index contributed by atoms with van der Waals surface area (Å²) in [6, 6.07) is 6.03. The molecule has 0 aliphatic rings. The smallest absolute Gasteiger partial charge is 0.259 e. The Bertz CT molecular complexity index is 656. The van der Waals surface area contributed by atoms with E-state index < -0.39 is 0 Å². The van der Waals surface area contributed by atoms with Crippen LogP contribution in [-0.4, -0.2) is 17.9 Å². The maximum atomic E-state index is 13.0. The highest BCUT2D eigenvalue weighted by Gasteiger charge is 2.13. The molecular weight excluding hydrogens is 257 g/mol. The first kappa shape index (κ1) is 14.0. The summed E-state index contributed by atoms with van der Waals surface area (Å²) >= 11 is 0. The lowest BCUT2D eigenvalue weighted by molar-refractivity contribution is 0.102. The van der Waals surface area contributed by atoms with Crippen molar-refractivity contribution in [1.82, 2.24) is 4.98 Å². The van der Waals surface area contributed by atoms with Gasteiger partial charge in [-0.2, -0.15) is 0 Å². The number of nitrogens with one attached hydrogen (secondary N) is 2. The van der Waals surface area contributed by atoms with Gasteiger partial charge >= 0.3 is 0 Å². The first-order valence-corrected chi connectivity index (χ1v) is 6.23. The summed E-state index contributed by atoms with van der Waals surface area (Å²) in [7, 11) is 1.74. The van der Waals surface area contributed by atoms with E-state index >= 15 is 0 Å². The van der Waals surface area contributed by atoms with Gasteiger partial charge in [0.05, 0.1) is 11.3 Å². The minimum absolute atomic E-state index is 0.281. The maximum Gasteiger partial charge on any atom is 0.259 e. The van der Waals surface area contributed by atoms with Crippen LogP contribution in [0.3, 0.4) is 0 Å². The number of anilines is 2. The second-order valence-corrected chi connectivity index (χ2v) is 4.53. The van der Waals surface area contributed by atoms with Crippen LogP contribution in [0.1, 0.15) is 21.6 Å². The van der Waals surface area contributed by atoms with Gasteiger partial charge < -0.3 is 10.6 Å². The Hall–Kier alpha value is -2.43. The minimum Gasteiger partial charge on any atom is -0.387 e. The number of rotatable bonds is 3. The zero-order chi connectivity index (χ0) is 14.7. The zero-order valence-electron chi connectivity index (χ0n) is 11.6. The number of nitrogens with zero attached hydrogens (tertiary/aromatic N) is 1. The van der Waals surface area contributed by atoms with E-state index in [1.54, 1.807) is 26.1 Å². The van der Waals surface area contributed by atoms with Crippen molar-refractivity contribution < 1.29 is 9.18 Å². The number of pyridine rings is 1. The molecule has 0 fully saturated rings. The van der Waals surface area contributed by atoms with Gasteiger partial charge in [-0.1, -0.05) is 0 Å². The van der Waals surface area contributed by atoms with Crippen molar-refractivity contribution in [3.05, 3.63) is 53.1 Å². The lowest BCUT2D eigenvalue weighted by Gasteiger charge is -2.11. The van der Waals surface area contributed by atoms with Crippen molar-refractivity contribution in [2.45, 2.75) is 13.8 Å². The number of benzene rings is 1. The summed E-state index contributed by atoms with van der Waals surface area (Å²) < 4.78 is 13.0. The molecular formula is C15H16FN3O. The van der Waals surface area contributed by atoms with Gasteiger partial charge in [-0.15, -0.1) is 0 Å². The van der Waals surface area contributed by atoms with E-state index in [0.29, 0.717) is 22.5 Å². The molecule has 20 heavy (non-hydrogen) atoms. The Morgan fingerprint density at radius 1 is 1.20 bits per heavy atom. The summed E-state index contributed by atoms with van der Waals surface area (Å²) in [5.41, 5.74) is 3.23. The number of aryl methyl sites for hydroxylation is 2. The predicted molar refractivity (Wildman–Crippen MR) is 77.6 cm³/mol. The van der Waals surface area contributed by atoms with E-state index in [2.05, 4.69) is 15.6 Å². The monoisotopic (exact) mass is 273 g/mol. The lowest BCUT2D eigenvalue weighted by atomic mass is 10.1. The highest BCUT2D eigenvalue weighted by molar-refractivity contribution is 6.08. The Kier molecular flexibility index (Phi) is 3.98. The van der Waals surface area contributed by atoms with Gasteiger partial charge in [0.2, 0.25) is 0 Å². The first-order chi connectivity index (χ1) is 9.51. The molecule has 2 rings (SSSR count). The highest BCUT2D eigenvalue weighted by atomic mass is 19.1. The van der Waals surface area contributed by atoms with Crippen molar-refractivity contribution in [1.29, 1.82) is 0 Å². The topological polar surface area (TPSA) is 54.0 Å². The average Bonchev–Trinajstić information content (AvgIpc) is 2.41. The number of hydrogen-bond donors (Lipinski definition) is 2. The summed E-state index contributed by atoms with van der Waals surface area (Å²) in [5.74, 6) is -0.607. The Labute approximate surface area is 117 Å². The number of aromatic nitrogens is 1. The fraction of sp³-hybridized carbons (Fsp3) is 0.200. The standard InChI is InChI=1S/C15H16FN3O/c1-9-6-11(16)4-5-13(9)19-15(20)12-8-18-10(2)7-14(12)17-3/h4-8H,1-3H3,(H,17,18)(H,19,20). The normalized spacial score (nSPS) is 10.2. The quantitative estimate of drug-likeness (QED) is 0.903. The summed E-state index contributed by atoms with van der Waals surface area (Å²) in [6.07, 6.45) is 1.52. The lowest BCUT2D eigenvalue weighted by Crippen LogP contribution is -2.15. The van der Waals surface area contributed by atoms with Crippen LogP contribution in [0.25, 0.3) is 0 Å². The number of carbonyl (C=O) groups excluding carboxylic acids is 1. The molecule has 0 unspecified atom stereocenters. The Morgan fingerprint density at radius 2 is 1.95 bits per heavy atom. The molecule has 1 aromatic heterocycles. The summed E-state index contributed by atoms with van der Waals surface area (Å²) in [5, 5.41) is 5.73. The van der Waals surface area contributed by atoms with E-state index in [-0.39, 0.29) is 11.7 Å². The van der Waals surface area contributed by atoms with E-state index in [4.69, 9.17) is 0 Å². The molecule has 0 aliphatic heterocycles. The third kappa shape index (κ3) is 2.93. The average molecular weight is 273 g/mol.